The van der Waals surface area contributed by atoms with E-state index in [-0.39, 0.29) is 11.4 Å². The first kappa shape index (κ1) is 14.6. The van der Waals surface area contributed by atoms with Crippen molar-refractivity contribution >= 4 is 11.6 Å². The predicted molar refractivity (Wildman–Crippen MR) is 75.1 cm³/mol. The molecular formula is C14H20ClFN2O. The molecule has 5 heteroatoms. The van der Waals surface area contributed by atoms with Gasteiger partial charge in [0.25, 0.3) is 0 Å². The van der Waals surface area contributed by atoms with Crippen molar-refractivity contribution in [2.24, 2.45) is 11.7 Å². The summed E-state index contributed by atoms with van der Waals surface area (Å²) >= 11 is 5.88. The van der Waals surface area contributed by atoms with E-state index in [1.165, 1.54) is 25.0 Å². The summed E-state index contributed by atoms with van der Waals surface area (Å²) in [7, 11) is 0. The minimum absolute atomic E-state index is 0.00402. The van der Waals surface area contributed by atoms with Crippen LogP contribution in [0.5, 0.6) is 5.75 Å². The normalized spacial score (nSPS) is 18.1. The first-order valence-electron chi connectivity index (χ1n) is 6.58. The summed E-state index contributed by atoms with van der Waals surface area (Å²) in [5.41, 5.74) is 5.81. The molecule has 1 aliphatic carbocycles. The van der Waals surface area contributed by atoms with Gasteiger partial charge in [0.1, 0.15) is 18.2 Å². The van der Waals surface area contributed by atoms with Gasteiger partial charge in [-0.3, -0.25) is 0 Å². The van der Waals surface area contributed by atoms with Crippen molar-refractivity contribution in [1.82, 2.24) is 5.32 Å². The Morgan fingerprint density at radius 3 is 2.84 bits per heavy atom. The van der Waals surface area contributed by atoms with Crippen molar-refractivity contribution in [2.75, 3.05) is 19.7 Å². The van der Waals surface area contributed by atoms with Crippen LogP contribution in [0.1, 0.15) is 19.8 Å². The van der Waals surface area contributed by atoms with E-state index < -0.39 is 0 Å². The van der Waals surface area contributed by atoms with E-state index in [4.69, 9.17) is 22.1 Å². The van der Waals surface area contributed by atoms with Gasteiger partial charge < -0.3 is 15.8 Å². The Labute approximate surface area is 118 Å². The van der Waals surface area contributed by atoms with E-state index in [0.717, 1.165) is 0 Å². The number of halogens is 2. The zero-order valence-electron chi connectivity index (χ0n) is 11.1. The van der Waals surface area contributed by atoms with Gasteiger partial charge in [-0.15, -0.1) is 0 Å². The molecule has 0 bridgehead atoms. The summed E-state index contributed by atoms with van der Waals surface area (Å²) < 4.78 is 18.4. The Morgan fingerprint density at radius 2 is 2.26 bits per heavy atom. The van der Waals surface area contributed by atoms with Gasteiger partial charge in [-0.1, -0.05) is 11.6 Å². The van der Waals surface area contributed by atoms with E-state index in [1.54, 1.807) is 6.07 Å². The molecule has 0 aromatic heterocycles. The molecule has 0 aliphatic heterocycles. The van der Waals surface area contributed by atoms with Gasteiger partial charge >= 0.3 is 0 Å². The van der Waals surface area contributed by atoms with Crippen molar-refractivity contribution in [1.29, 1.82) is 0 Å². The van der Waals surface area contributed by atoms with E-state index in [1.807, 2.05) is 0 Å². The van der Waals surface area contributed by atoms with Crippen molar-refractivity contribution < 1.29 is 9.13 Å². The number of ether oxygens (including phenoxy) is 1. The third-order valence-electron chi connectivity index (χ3n) is 3.68. The van der Waals surface area contributed by atoms with E-state index in [0.29, 0.717) is 36.4 Å². The highest BCUT2D eigenvalue weighted by Gasteiger charge is 2.39. The Kier molecular flexibility index (Phi) is 4.66. The van der Waals surface area contributed by atoms with Crippen molar-refractivity contribution in [2.45, 2.75) is 25.3 Å². The van der Waals surface area contributed by atoms with Crippen LogP contribution in [0.15, 0.2) is 18.2 Å². The van der Waals surface area contributed by atoms with E-state index >= 15 is 0 Å². The maximum atomic E-state index is 12.9. The average Bonchev–Trinajstić information content (AvgIpc) is 3.21. The Balaban J connectivity index is 1.77. The molecule has 0 amide bonds. The molecular weight excluding hydrogens is 267 g/mol. The monoisotopic (exact) mass is 286 g/mol. The van der Waals surface area contributed by atoms with Crippen LogP contribution in [0.25, 0.3) is 0 Å². The standard InChI is InChI=1S/C14H20ClFN2O/c1-14(9-17,10-2-3-10)18-6-7-19-13-5-4-11(16)8-12(13)15/h4-5,8,10,18H,2-3,6-7,9,17H2,1H3. The lowest BCUT2D eigenvalue weighted by Gasteiger charge is -2.29. The minimum Gasteiger partial charge on any atom is -0.491 e. The third-order valence-corrected chi connectivity index (χ3v) is 3.98. The van der Waals surface area contributed by atoms with Gasteiger partial charge in [-0.05, 0) is 43.9 Å². The molecule has 0 heterocycles. The summed E-state index contributed by atoms with van der Waals surface area (Å²) in [4.78, 5) is 0. The van der Waals surface area contributed by atoms with Crippen LogP contribution in [0.4, 0.5) is 4.39 Å². The second-order valence-corrected chi connectivity index (χ2v) is 5.65. The van der Waals surface area contributed by atoms with Crippen molar-refractivity contribution in [3.8, 4) is 5.75 Å². The van der Waals surface area contributed by atoms with Gasteiger partial charge in [0.2, 0.25) is 0 Å². The van der Waals surface area contributed by atoms with Crippen molar-refractivity contribution in [3.05, 3.63) is 29.0 Å². The number of hydrogen-bond donors (Lipinski definition) is 2. The molecule has 3 nitrogen and oxygen atoms in total. The molecule has 1 unspecified atom stereocenters. The summed E-state index contributed by atoms with van der Waals surface area (Å²) in [5.74, 6) is 0.817. The van der Waals surface area contributed by atoms with Gasteiger partial charge in [-0.2, -0.15) is 0 Å². The number of nitrogens with one attached hydrogen (secondary N) is 1. The minimum atomic E-state index is -0.361. The maximum Gasteiger partial charge on any atom is 0.138 e. The molecule has 3 N–H and O–H groups in total. The van der Waals surface area contributed by atoms with Crippen LogP contribution in [-0.2, 0) is 0 Å². The largest absolute Gasteiger partial charge is 0.491 e. The SMILES string of the molecule is CC(CN)(NCCOc1ccc(F)cc1Cl)C1CC1. The highest BCUT2D eigenvalue weighted by Crippen LogP contribution is 2.38. The average molecular weight is 287 g/mol. The fraction of sp³-hybridized carbons (Fsp3) is 0.571. The van der Waals surface area contributed by atoms with Gasteiger partial charge in [0.15, 0.2) is 0 Å². The van der Waals surface area contributed by atoms with Gasteiger partial charge in [-0.25, -0.2) is 4.39 Å². The highest BCUT2D eigenvalue weighted by molar-refractivity contribution is 6.32. The summed E-state index contributed by atoms with van der Waals surface area (Å²) in [6.45, 7) is 3.94. The number of benzene rings is 1. The Bertz CT molecular complexity index is 439. The zero-order valence-corrected chi connectivity index (χ0v) is 11.8. The number of nitrogens with two attached hydrogens (primary N) is 1. The van der Waals surface area contributed by atoms with Gasteiger partial charge in [0, 0.05) is 18.6 Å². The lowest BCUT2D eigenvalue weighted by Crippen LogP contribution is -2.51. The van der Waals surface area contributed by atoms with E-state index in [2.05, 4.69) is 12.2 Å². The number of rotatable bonds is 7. The predicted octanol–water partition coefficient (Wildman–Crippen LogP) is 2.57. The molecule has 1 atom stereocenters. The Morgan fingerprint density at radius 1 is 1.53 bits per heavy atom. The topological polar surface area (TPSA) is 47.3 Å². The van der Waals surface area contributed by atoms with Crippen LogP contribution >= 0.6 is 11.6 Å². The molecule has 0 radical (unpaired) electrons. The molecule has 2 rings (SSSR count). The molecule has 0 saturated heterocycles. The fourth-order valence-electron chi connectivity index (χ4n) is 2.19. The Hall–Kier alpha value is -0.840. The van der Waals surface area contributed by atoms with Crippen molar-refractivity contribution in [3.63, 3.8) is 0 Å². The molecule has 0 spiro atoms. The van der Waals surface area contributed by atoms with Gasteiger partial charge in [0.05, 0.1) is 5.02 Å². The molecule has 1 aromatic carbocycles. The highest BCUT2D eigenvalue weighted by atomic mass is 35.5. The second-order valence-electron chi connectivity index (χ2n) is 5.25. The lowest BCUT2D eigenvalue weighted by molar-refractivity contribution is 0.261. The molecule has 1 fully saturated rings. The molecule has 19 heavy (non-hydrogen) atoms. The second kappa shape index (κ2) is 6.07. The summed E-state index contributed by atoms with van der Waals surface area (Å²) in [5, 5.41) is 3.74. The first-order valence-corrected chi connectivity index (χ1v) is 6.96. The smallest absolute Gasteiger partial charge is 0.138 e. The van der Waals surface area contributed by atoms with Crippen LogP contribution in [0.2, 0.25) is 5.02 Å². The fourth-order valence-corrected chi connectivity index (χ4v) is 2.42. The molecule has 1 aliphatic rings. The van der Waals surface area contributed by atoms with Crippen LogP contribution in [0, 0.1) is 11.7 Å². The molecule has 1 aromatic rings. The van der Waals surface area contributed by atoms with Crippen LogP contribution in [-0.4, -0.2) is 25.2 Å². The van der Waals surface area contributed by atoms with Crippen LogP contribution < -0.4 is 15.8 Å². The molecule has 106 valence electrons. The third kappa shape index (κ3) is 3.81. The van der Waals surface area contributed by atoms with Crippen LogP contribution in [0.3, 0.4) is 0 Å². The maximum absolute atomic E-state index is 12.9. The summed E-state index contributed by atoms with van der Waals surface area (Å²) in [6.07, 6.45) is 2.48. The first-order chi connectivity index (χ1) is 9.05. The molecule has 1 saturated carbocycles. The van der Waals surface area contributed by atoms with E-state index in [9.17, 15) is 4.39 Å². The zero-order chi connectivity index (χ0) is 13.9. The number of hydrogen-bond acceptors (Lipinski definition) is 3. The quantitative estimate of drug-likeness (QED) is 0.758. The summed E-state index contributed by atoms with van der Waals surface area (Å²) in [6, 6.07) is 4.13. The lowest BCUT2D eigenvalue weighted by atomic mass is 9.96.